The summed E-state index contributed by atoms with van der Waals surface area (Å²) in [7, 11) is 0. The molecule has 0 saturated carbocycles. The van der Waals surface area contributed by atoms with Crippen LogP contribution in [-0.2, 0) is 0 Å². The summed E-state index contributed by atoms with van der Waals surface area (Å²) in [5.74, 6) is 0. The zero-order valence-corrected chi connectivity index (χ0v) is 13.0. The quantitative estimate of drug-likeness (QED) is 0.551. The number of aromatic amines is 2. The average Bonchev–Trinajstić information content (AvgIpc) is 2.85. The molecule has 0 fully saturated rings. The third-order valence-corrected chi connectivity index (χ3v) is 5.11. The summed E-state index contributed by atoms with van der Waals surface area (Å²) in [6, 6.07) is 5.62. The van der Waals surface area contributed by atoms with Gasteiger partial charge in [-0.3, -0.25) is 9.59 Å². The molecule has 0 spiro atoms. The van der Waals surface area contributed by atoms with Gasteiger partial charge in [-0.1, -0.05) is 22.0 Å². The summed E-state index contributed by atoms with van der Waals surface area (Å²) >= 11 is 5.35. The van der Waals surface area contributed by atoms with Gasteiger partial charge in [0.15, 0.2) is 0 Å². The second-order valence-electron chi connectivity index (χ2n) is 4.59. The van der Waals surface area contributed by atoms with Gasteiger partial charge in [0, 0.05) is 0 Å². The van der Waals surface area contributed by atoms with Crippen LogP contribution in [-0.4, -0.2) is 9.97 Å². The second kappa shape index (κ2) is 5.03. The van der Waals surface area contributed by atoms with Crippen molar-refractivity contribution in [3.05, 3.63) is 66.4 Å². The fourth-order valence-corrected chi connectivity index (χ4v) is 3.93. The Morgan fingerprint density at radius 2 is 1.80 bits per heavy atom. The van der Waals surface area contributed by atoms with E-state index in [9.17, 15) is 9.59 Å². The van der Waals surface area contributed by atoms with Gasteiger partial charge in [0.05, 0.1) is 15.9 Å². The molecule has 0 saturated heterocycles. The fourth-order valence-electron chi connectivity index (χ4n) is 2.10. The molecule has 102 valence electrons. The van der Waals surface area contributed by atoms with Crippen LogP contribution in [0, 0.1) is 6.92 Å². The van der Waals surface area contributed by atoms with Gasteiger partial charge in [-0.25, -0.2) is 0 Å². The van der Waals surface area contributed by atoms with Gasteiger partial charge in [0.25, 0.3) is 0 Å². The molecule has 0 bridgehead atoms. The first-order valence-electron chi connectivity index (χ1n) is 5.99. The highest BCUT2D eigenvalue weighted by molar-refractivity contribution is 9.09. The Labute approximate surface area is 126 Å². The first-order chi connectivity index (χ1) is 9.56. The molecule has 1 unspecified atom stereocenters. The monoisotopic (exact) mass is 350 g/mol. The van der Waals surface area contributed by atoms with Crippen LogP contribution in [0.5, 0.6) is 0 Å². The van der Waals surface area contributed by atoms with Gasteiger partial charge in [0.2, 0.25) is 0 Å². The molecule has 2 aromatic heterocycles. The van der Waals surface area contributed by atoms with Crippen LogP contribution in [0.3, 0.4) is 0 Å². The minimum Gasteiger partial charge on any atom is -0.316 e. The van der Waals surface area contributed by atoms with Crippen molar-refractivity contribution in [2.75, 3.05) is 0 Å². The predicted molar refractivity (Wildman–Crippen MR) is 85.0 cm³/mol. The van der Waals surface area contributed by atoms with Crippen LogP contribution in [0.1, 0.15) is 21.5 Å². The molecule has 20 heavy (non-hydrogen) atoms. The Morgan fingerprint density at radius 1 is 1.10 bits per heavy atom. The molecule has 0 aliphatic heterocycles. The van der Waals surface area contributed by atoms with Crippen LogP contribution < -0.4 is 11.1 Å². The molecule has 4 nitrogen and oxygen atoms in total. The molecule has 3 rings (SSSR count). The van der Waals surface area contributed by atoms with Gasteiger partial charge in [-0.05, 0) is 46.5 Å². The lowest BCUT2D eigenvalue weighted by molar-refractivity contribution is 1.13. The van der Waals surface area contributed by atoms with E-state index in [0.717, 1.165) is 5.56 Å². The lowest BCUT2D eigenvalue weighted by Gasteiger charge is -2.11. The fraction of sp³-hybridized carbons (Fsp3) is 0.143. The largest absolute Gasteiger partial charge is 0.316 e. The lowest BCUT2D eigenvalue weighted by Crippen LogP contribution is -2.28. The van der Waals surface area contributed by atoms with Crippen LogP contribution in [0.2, 0.25) is 0 Å². The van der Waals surface area contributed by atoms with Gasteiger partial charge in [-0.2, -0.15) is 11.3 Å². The molecule has 0 aliphatic carbocycles. The van der Waals surface area contributed by atoms with Gasteiger partial charge in [0.1, 0.15) is 0 Å². The SMILES string of the molecule is Cc1cscc1C(Br)c1ccc2[nH]c(=O)c(=O)[nH]c2c1. The number of H-pyrrole nitrogens is 2. The van der Waals surface area contributed by atoms with E-state index < -0.39 is 11.1 Å². The molecule has 3 aromatic rings. The molecular formula is C14H11BrN2O2S. The highest BCUT2D eigenvalue weighted by atomic mass is 79.9. The van der Waals surface area contributed by atoms with E-state index in [1.807, 2.05) is 12.1 Å². The van der Waals surface area contributed by atoms with Crippen molar-refractivity contribution in [2.24, 2.45) is 0 Å². The zero-order chi connectivity index (χ0) is 14.3. The van der Waals surface area contributed by atoms with Crippen LogP contribution in [0.25, 0.3) is 11.0 Å². The first-order valence-corrected chi connectivity index (χ1v) is 7.85. The number of aryl methyl sites for hydroxylation is 1. The molecule has 2 N–H and O–H groups in total. The molecule has 2 heterocycles. The number of rotatable bonds is 2. The summed E-state index contributed by atoms with van der Waals surface area (Å²) in [4.78, 5) is 27.9. The number of thiophene rings is 1. The Kier molecular flexibility index (Phi) is 3.35. The van der Waals surface area contributed by atoms with Crippen molar-refractivity contribution in [3.63, 3.8) is 0 Å². The van der Waals surface area contributed by atoms with Gasteiger partial charge in [-0.15, -0.1) is 0 Å². The normalized spacial score (nSPS) is 12.7. The number of fused-ring (bicyclic) bond motifs is 1. The van der Waals surface area contributed by atoms with Crippen molar-refractivity contribution < 1.29 is 0 Å². The summed E-state index contributed by atoms with van der Waals surface area (Å²) in [6.45, 7) is 2.07. The van der Waals surface area contributed by atoms with Crippen molar-refractivity contribution in [1.82, 2.24) is 9.97 Å². The third kappa shape index (κ3) is 2.25. The van der Waals surface area contributed by atoms with E-state index in [1.165, 1.54) is 11.1 Å². The Hall–Kier alpha value is -1.66. The molecule has 1 aromatic carbocycles. The van der Waals surface area contributed by atoms with E-state index in [0.29, 0.717) is 11.0 Å². The Bertz CT molecular complexity index is 894. The number of hydrogen-bond donors (Lipinski definition) is 2. The maximum Gasteiger partial charge on any atom is 0.314 e. The number of hydrogen-bond acceptors (Lipinski definition) is 3. The third-order valence-electron chi connectivity index (χ3n) is 3.21. The van der Waals surface area contributed by atoms with Crippen LogP contribution >= 0.6 is 27.3 Å². The number of aromatic nitrogens is 2. The number of nitrogens with one attached hydrogen (secondary N) is 2. The minimum absolute atomic E-state index is 0.0635. The van der Waals surface area contributed by atoms with Crippen LogP contribution in [0.15, 0.2) is 38.5 Å². The summed E-state index contributed by atoms with van der Waals surface area (Å²) in [6.07, 6.45) is 0. The summed E-state index contributed by atoms with van der Waals surface area (Å²) in [5, 5.41) is 4.21. The first kappa shape index (κ1) is 13.3. The highest BCUT2D eigenvalue weighted by Crippen LogP contribution is 2.35. The summed E-state index contributed by atoms with van der Waals surface area (Å²) in [5.41, 5.74) is 3.46. The molecule has 1 atom stereocenters. The highest BCUT2D eigenvalue weighted by Gasteiger charge is 2.14. The van der Waals surface area contributed by atoms with Crippen molar-refractivity contribution >= 4 is 38.3 Å². The Morgan fingerprint density at radius 3 is 2.45 bits per heavy atom. The molecule has 0 amide bonds. The van der Waals surface area contributed by atoms with E-state index in [2.05, 4.69) is 43.6 Å². The van der Waals surface area contributed by atoms with Crippen molar-refractivity contribution in [1.29, 1.82) is 0 Å². The molecule has 0 aliphatic rings. The maximum atomic E-state index is 11.4. The van der Waals surface area contributed by atoms with E-state index in [1.54, 1.807) is 17.4 Å². The van der Waals surface area contributed by atoms with E-state index >= 15 is 0 Å². The standard InChI is InChI=1S/C14H11BrN2O2S/c1-7-5-20-6-9(7)12(15)8-2-3-10-11(4-8)17-14(19)13(18)16-10/h2-6,12H,1H3,(H,16,18)(H,17,19). The van der Waals surface area contributed by atoms with Crippen LogP contribution in [0.4, 0.5) is 0 Å². The molecule has 0 radical (unpaired) electrons. The van der Waals surface area contributed by atoms with Crippen molar-refractivity contribution in [3.8, 4) is 0 Å². The topological polar surface area (TPSA) is 65.7 Å². The molecule has 6 heteroatoms. The minimum atomic E-state index is -0.632. The lowest BCUT2D eigenvalue weighted by atomic mass is 10.0. The van der Waals surface area contributed by atoms with E-state index in [-0.39, 0.29) is 4.83 Å². The maximum absolute atomic E-state index is 11.4. The number of halogens is 1. The van der Waals surface area contributed by atoms with Gasteiger partial charge >= 0.3 is 11.1 Å². The van der Waals surface area contributed by atoms with E-state index in [4.69, 9.17) is 0 Å². The smallest absolute Gasteiger partial charge is 0.314 e. The molecular weight excluding hydrogens is 340 g/mol. The van der Waals surface area contributed by atoms with Gasteiger partial charge < -0.3 is 9.97 Å². The predicted octanol–water partition coefficient (Wildman–Crippen LogP) is 3.07. The van der Waals surface area contributed by atoms with Crippen molar-refractivity contribution in [2.45, 2.75) is 11.8 Å². The average molecular weight is 351 g/mol. The zero-order valence-electron chi connectivity index (χ0n) is 10.6. The Balaban J connectivity index is 2.14. The number of benzene rings is 1. The number of alkyl halides is 1. The second-order valence-corrected chi connectivity index (χ2v) is 6.25. The summed E-state index contributed by atoms with van der Waals surface area (Å²) < 4.78 is 0.